The number of methoxy groups -OCH3 is 1. The maximum atomic E-state index is 4.99. The summed E-state index contributed by atoms with van der Waals surface area (Å²) in [5, 5.41) is 7.60. The van der Waals surface area contributed by atoms with Crippen molar-refractivity contribution in [2.75, 3.05) is 26.8 Å². The van der Waals surface area contributed by atoms with Gasteiger partial charge in [0.2, 0.25) is 0 Å². The molecular weight excluding hydrogens is 190 g/mol. The Morgan fingerprint density at radius 1 is 1.67 bits per heavy atom. The molecule has 1 aliphatic rings. The summed E-state index contributed by atoms with van der Waals surface area (Å²) >= 11 is 0. The third kappa shape index (κ3) is 2.58. The van der Waals surface area contributed by atoms with Crippen LogP contribution in [-0.4, -0.2) is 36.6 Å². The van der Waals surface area contributed by atoms with E-state index in [2.05, 4.69) is 16.5 Å². The van der Waals surface area contributed by atoms with E-state index in [-0.39, 0.29) is 0 Å². The molecule has 84 valence electrons. The van der Waals surface area contributed by atoms with Gasteiger partial charge in [-0.1, -0.05) is 0 Å². The lowest BCUT2D eigenvalue weighted by Gasteiger charge is -2.03. The number of hydrogen-bond acceptors (Lipinski definition) is 3. The Kier molecular flexibility index (Phi) is 3.38. The maximum Gasteiger partial charge on any atom is 0.0587 e. The van der Waals surface area contributed by atoms with E-state index in [9.17, 15) is 0 Å². The van der Waals surface area contributed by atoms with Gasteiger partial charge in [-0.25, -0.2) is 0 Å². The van der Waals surface area contributed by atoms with Crippen molar-refractivity contribution in [2.45, 2.75) is 12.3 Å². The minimum absolute atomic E-state index is 0.715. The molecule has 1 aliphatic carbocycles. The van der Waals surface area contributed by atoms with Gasteiger partial charge >= 0.3 is 0 Å². The smallest absolute Gasteiger partial charge is 0.0587 e. The number of rotatable bonds is 6. The van der Waals surface area contributed by atoms with Crippen LogP contribution >= 0.6 is 0 Å². The van der Waals surface area contributed by atoms with Crippen LogP contribution in [0.25, 0.3) is 0 Å². The van der Waals surface area contributed by atoms with Crippen LogP contribution in [0.3, 0.4) is 0 Å². The standard InChI is InChI=1S/C11H19N3O/c1-14-11(3-4-13-14)10-7-9(10)8-12-5-6-15-2/h3-4,9-10,12H,5-8H2,1-2H3. The minimum Gasteiger partial charge on any atom is -0.383 e. The zero-order chi connectivity index (χ0) is 10.7. The molecule has 1 fully saturated rings. The van der Waals surface area contributed by atoms with Crippen LogP contribution < -0.4 is 5.32 Å². The van der Waals surface area contributed by atoms with E-state index in [1.165, 1.54) is 12.1 Å². The lowest BCUT2D eigenvalue weighted by molar-refractivity contribution is 0.199. The zero-order valence-corrected chi connectivity index (χ0v) is 9.44. The summed E-state index contributed by atoms with van der Waals surface area (Å²) in [6, 6.07) is 2.12. The fourth-order valence-corrected chi connectivity index (χ4v) is 2.04. The molecule has 0 spiro atoms. The minimum atomic E-state index is 0.715. The SMILES string of the molecule is COCCNCC1CC1c1ccnn1C. The summed E-state index contributed by atoms with van der Waals surface area (Å²) in [6.45, 7) is 2.84. The van der Waals surface area contributed by atoms with E-state index in [4.69, 9.17) is 4.74 Å². The number of ether oxygens (including phenoxy) is 1. The summed E-state index contributed by atoms with van der Waals surface area (Å²) in [7, 11) is 3.75. The largest absolute Gasteiger partial charge is 0.383 e. The number of aryl methyl sites for hydroxylation is 1. The lowest BCUT2D eigenvalue weighted by Crippen LogP contribution is -2.22. The molecule has 2 rings (SSSR count). The van der Waals surface area contributed by atoms with Crippen molar-refractivity contribution in [3.63, 3.8) is 0 Å². The first-order valence-corrected chi connectivity index (χ1v) is 5.50. The van der Waals surface area contributed by atoms with Crippen LogP contribution in [-0.2, 0) is 11.8 Å². The van der Waals surface area contributed by atoms with Gasteiger partial charge in [-0.2, -0.15) is 5.10 Å². The molecule has 0 aliphatic heterocycles. The number of nitrogens with one attached hydrogen (secondary N) is 1. The molecular formula is C11H19N3O. The van der Waals surface area contributed by atoms with Gasteiger partial charge < -0.3 is 10.1 Å². The van der Waals surface area contributed by atoms with E-state index >= 15 is 0 Å². The molecule has 0 saturated heterocycles. The third-order valence-electron chi connectivity index (χ3n) is 3.05. The first kappa shape index (κ1) is 10.6. The monoisotopic (exact) mass is 209 g/mol. The Morgan fingerprint density at radius 3 is 3.20 bits per heavy atom. The Hall–Kier alpha value is -0.870. The molecule has 2 atom stereocenters. The summed E-state index contributed by atoms with van der Waals surface area (Å²) in [5.41, 5.74) is 1.37. The fourth-order valence-electron chi connectivity index (χ4n) is 2.04. The second kappa shape index (κ2) is 4.77. The summed E-state index contributed by atoms with van der Waals surface area (Å²) < 4.78 is 6.97. The van der Waals surface area contributed by atoms with Gasteiger partial charge in [-0.15, -0.1) is 0 Å². The topological polar surface area (TPSA) is 39.1 Å². The highest BCUT2D eigenvalue weighted by Gasteiger charge is 2.39. The molecule has 1 heterocycles. The van der Waals surface area contributed by atoms with Crippen molar-refractivity contribution in [2.24, 2.45) is 13.0 Å². The Labute approximate surface area is 90.6 Å². The van der Waals surface area contributed by atoms with E-state index in [0.717, 1.165) is 25.6 Å². The van der Waals surface area contributed by atoms with Gasteiger partial charge in [-0.3, -0.25) is 4.68 Å². The maximum absolute atomic E-state index is 4.99. The second-order valence-corrected chi connectivity index (χ2v) is 4.18. The Morgan fingerprint density at radius 2 is 2.53 bits per heavy atom. The van der Waals surface area contributed by atoms with Crippen LogP contribution in [0.5, 0.6) is 0 Å². The van der Waals surface area contributed by atoms with Crippen molar-refractivity contribution < 1.29 is 4.74 Å². The highest BCUT2D eigenvalue weighted by atomic mass is 16.5. The van der Waals surface area contributed by atoms with E-state index in [0.29, 0.717) is 5.92 Å². The zero-order valence-electron chi connectivity index (χ0n) is 9.44. The lowest BCUT2D eigenvalue weighted by atomic mass is 10.2. The average molecular weight is 209 g/mol. The number of hydrogen-bond donors (Lipinski definition) is 1. The quantitative estimate of drug-likeness (QED) is 0.703. The van der Waals surface area contributed by atoms with Crippen LogP contribution in [0, 0.1) is 5.92 Å². The average Bonchev–Trinajstić information content (AvgIpc) is 2.87. The van der Waals surface area contributed by atoms with Crippen LogP contribution in [0.15, 0.2) is 12.3 Å². The van der Waals surface area contributed by atoms with Gasteiger partial charge in [-0.05, 0) is 24.9 Å². The van der Waals surface area contributed by atoms with Crippen molar-refractivity contribution in [1.82, 2.24) is 15.1 Å². The molecule has 1 N–H and O–H groups in total. The predicted octanol–water partition coefficient (Wildman–Crippen LogP) is 0.760. The molecule has 0 bridgehead atoms. The van der Waals surface area contributed by atoms with Crippen molar-refractivity contribution in [3.8, 4) is 0 Å². The van der Waals surface area contributed by atoms with Crippen molar-refractivity contribution >= 4 is 0 Å². The normalized spacial score (nSPS) is 24.4. The van der Waals surface area contributed by atoms with Gasteiger partial charge in [0, 0.05) is 38.5 Å². The van der Waals surface area contributed by atoms with Crippen molar-refractivity contribution in [1.29, 1.82) is 0 Å². The summed E-state index contributed by atoms with van der Waals surface area (Å²) in [6.07, 6.45) is 3.17. The fraction of sp³-hybridized carbons (Fsp3) is 0.727. The first-order chi connectivity index (χ1) is 7.33. The molecule has 4 heteroatoms. The highest BCUT2D eigenvalue weighted by molar-refractivity contribution is 5.17. The van der Waals surface area contributed by atoms with E-state index in [1.54, 1.807) is 7.11 Å². The Balaban J connectivity index is 1.70. The number of nitrogens with zero attached hydrogens (tertiary/aromatic N) is 2. The predicted molar refractivity (Wildman–Crippen MR) is 58.8 cm³/mol. The van der Waals surface area contributed by atoms with Crippen molar-refractivity contribution in [3.05, 3.63) is 18.0 Å². The Bertz CT molecular complexity index is 311. The van der Waals surface area contributed by atoms with Gasteiger partial charge in [0.25, 0.3) is 0 Å². The summed E-state index contributed by atoms with van der Waals surface area (Å²) in [5.74, 6) is 1.50. The molecule has 1 aromatic heterocycles. The molecule has 0 amide bonds. The molecule has 15 heavy (non-hydrogen) atoms. The molecule has 4 nitrogen and oxygen atoms in total. The molecule has 1 saturated carbocycles. The van der Waals surface area contributed by atoms with E-state index in [1.807, 2.05) is 17.9 Å². The second-order valence-electron chi connectivity index (χ2n) is 4.18. The van der Waals surface area contributed by atoms with E-state index < -0.39 is 0 Å². The first-order valence-electron chi connectivity index (χ1n) is 5.50. The highest BCUT2D eigenvalue weighted by Crippen LogP contribution is 2.46. The third-order valence-corrected chi connectivity index (χ3v) is 3.05. The number of aromatic nitrogens is 2. The molecule has 0 radical (unpaired) electrons. The molecule has 2 unspecified atom stereocenters. The van der Waals surface area contributed by atoms with Crippen LogP contribution in [0.1, 0.15) is 18.0 Å². The molecule has 0 aromatic carbocycles. The van der Waals surface area contributed by atoms with Gasteiger partial charge in [0.15, 0.2) is 0 Å². The molecule has 1 aromatic rings. The van der Waals surface area contributed by atoms with Crippen LogP contribution in [0.4, 0.5) is 0 Å². The van der Waals surface area contributed by atoms with Gasteiger partial charge in [0.1, 0.15) is 0 Å². The summed E-state index contributed by atoms with van der Waals surface area (Å²) in [4.78, 5) is 0. The van der Waals surface area contributed by atoms with Crippen LogP contribution in [0.2, 0.25) is 0 Å². The van der Waals surface area contributed by atoms with Gasteiger partial charge in [0.05, 0.1) is 6.61 Å².